The smallest absolute Gasteiger partial charge is 0.305 e. The van der Waals surface area contributed by atoms with Crippen molar-refractivity contribution >= 4 is 39.4 Å². The Morgan fingerprint density at radius 1 is 1.36 bits per heavy atom. The zero-order valence-corrected chi connectivity index (χ0v) is 14.9. The van der Waals surface area contributed by atoms with Crippen LogP contribution < -0.4 is 10.1 Å². The summed E-state index contributed by atoms with van der Waals surface area (Å²) in [6.07, 6.45) is 0.771. The molecule has 1 rings (SSSR count). The van der Waals surface area contributed by atoms with Gasteiger partial charge in [-0.2, -0.15) is 0 Å². The van der Waals surface area contributed by atoms with Crippen LogP contribution in [0.3, 0.4) is 0 Å². The van der Waals surface area contributed by atoms with Gasteiger partial charge in [-0.3, -0.25) is 9.59 Å². The predicted molar refractivity (Wildman–Crippen MR) is 88.6 cm³/mol. The number of carbonyl (C=O) groups excluding carboxylic acids is 1. The maximum atomic E-state index is 11.5. The molecule has 0 aliphatic heterocycles. The van der Waals surface area contributed by atoms with Crippen molar-refractivity contribution in [1.82, 2.24) is 5.32 Å². The molecule has 0 fully saturated rings. The van der Waals surface area contributed by atoms with E-state index in [1.807, 2.05) is 19.9 Å². The molecule has 7 heteroatoms. The van der Waals surface area contributed by atoms with E-state index in [0.29, 0.717) is 30.2 Å². The standard InChI is InChI=1S/C15H19BrClNO4/c1-9-8-11(14(16)10(2)15(9)17)22-7-3-4-12(19)18-6-5-13(20)21/h8H,3-7H2,1-2H3,(H,18,19)(H,20,21). The van der Waals surface area contributed by atoms with Gasteiger partial charge in [0.15, 0.2) is 0 Å². The largest absolute Gasteiger partial charge is 0.492 e. The number of aryl methyl sites for hydroxylation is 1. The molecular weight excluding hydrogens is 374 g/mol. The van der Waals surface area contributed by atoms with Crippen LogP contribution in [0.25, 0.3) is 0 Å². The molecule has 2 N–H and O–H groups in total. The van der Waals surface area contributed by atoms with Crippen molar-refractivity contribution in [2.24, 2.45) is 0 Å². The molecule has 122 valence electrons. The number of aliphatic carboxylic acids is 1. The van der Waals surface area contributed by atoms with E-state index >= 15 is 0 Å². The molecule has 0 unspecified atom stereocenters. The molecule has 0 radical (unpaired) electrons. The summed E-state index contributed by atoms with van der Waals surface area (Å²) in [4.78, 5) is 21.8. The van der Waals surface area contributed by atoms with E-state index in [2.05, 4.69) is 21.2 Å². The van der Waals surface area contributed by atoms with Crippen molar-refractivity contribution in [2.75, 3.05) is 13.2 Å². The molecule has 0 atom stereocenters. The van der Waals surface area contributed by atoms with Gasteiger partial charge in [-0.1, -0.05) is 11.6 Å². The molecule has 0 bridgehead atoms. The molecule has 0 spiro atoms. The highest BCUT2D eigenvalue weighted by molar-refractivity contribution is 9.10. The molecule has 0 saturated carbocycles. The Bertz CT molecular complexity index is 563. The van der Waals surface area contributed by atoms with Gasteiger partial charge in [-0.15, -0.1) is 0 Å². The summed E-state index contributed by atoms with van der Waals surface area (Å²) in [6, 6.07) is 1.85. The van der Waals surface area contributed by atoms with Crippen molar-refractivity contribution in [2.45, 2.75) is 33.1 Å². The molecule has 0 aromatic heterocycles. The van der Waals surface area contributed by atoms with E-state index in [9.17, 15) is 9.59 Å². The van der Waals surface area contributed by atoms with E-state index in [0.717, 1.165) is 15.6 Å². The quantitative estimate of drug-likeness (QED) is 0.664. The summed E-state index contributed by atoms with van der Waals surface area (Å²) in [5.74, 6) is -0.403. The summed E-state index contributed by atoms with van der Waals surface area (Å²) in [6.45, 7) is 4.36. The highest BCUT2D eigenvalue weighted by Gasteiger charge is 2.11. The summed E-state index contributed by atoms with van der Waals surface area (Å²) < 4.78 is 6.48. The van der Waals surface area contributed by atoms with Crippen LogP contribution in [0.15, 0.2) is 10.5 Å². The van der Waals surface area contributed by atoms with E-state index in [-0.39, 0.29) is 18.9 Å². The van der Waals surface area contributed by atoms with Crippen LogP contribution in [0.5, 0.6) is 5.75 Å². The molecule has 0 aliphatic rings. The molecule has 5 nitrogen and oxygen atoms in total. The number of rotatable bonds is 8. The Balaban J connectivity index is 2.36. The Kier molecular flexibility index (Phi) is 7.68. The van der Waals surface area contributed by atoms with Crippen LogP contribution in [0.1, 0.15) is 30.4 Å². The van der Waals surface area contributed by atoms with Crippen molar-refractivity contribution in [3.63, 3.8) is 0 Å². The van der Waals surface area contributed by atoms with Gasteiger partial charge in [0.25, 0.3) is 0 Å². The van der Waals surface area contributed by atoms with Crippen LogP contribution in [0, 0.1) is 13.8 Å². The lowest BCUT2D eigenvalue weighted by atomic mass is 10.1. The number of carboxylic acids is 1. The first-order valence-electron chi connectivity index (χ1n) is 6.89. The van der Waals surface area contributed by atoms with Gasteiger partial charge in [0, 0.05) is 18.0 Å². The van der Waals surface area contributed by atoms with Gasteiger partial charge < -0.3 is 15.2 Å². The molecule has 1 aromatic carbocycles. The Labute approximate surface area is 143 Å². The van der Waals surface area contributed by atoms with Crippen LogP contribution in [-0.2, 0) is 9.59 Å². The highest BCUT2D eigenvalue weighted by Crippen LogP contribution is 2.35. The van der Waals surface area contributed by atoms with Crippen LogP contribution in [0.4, 0.5) is 0 Å². The fourth-order valence-corrected chi connectivity index (χ4v) is 2.51. The molecule has 0 aliphatic carbocycles. The normalized spacial score (nSPS) is 10.4. The fraction of sp³-hybridized carbons (Fsp3) is 0.467. The molecule has 22 heavy (non-hydrogen) atoms. The first kappa shape index (κ1) is 18.8. The van der Waals surface area contributed by atoms with Gasteiger partial charge >= 0.3 is 5.97 Å². The molecule has 0 saturated heterocycles. The number of amides is 1. The van der Waals surface area contributed by atoms with Gasteiger partial charge in [-0.25, -0.2) is 0 Å². The van der Waals surface area contributed by atoms with E-state index < -0.39 is 5.97 Å². The second-order valence-corrected chi connectivity index (χ2v) is 6.06. The number of carbonyl (C=O) groups is 2. The maximum absolute atomic E-state index is 11.5. The van der Waals surface area contributed by atoms with Crippen LogP contribution in [0.2, 0.25) is 5.02 Å². The Morgan fingerprint density at radius 2 is 2.05 bits per heavy atom. The summed E-state index contributed by atoms with van der Waals surface area (Å²) in [5, 5.41) is 11.7. The average molecular weight is 393 g/mol. The molecule has 0 heterocycles. The average Bonchev–Trinajstić information content (AvgIpc) is 2.46. The van der Waals surface area contributed by atoms with Crippen molar-refractivity contribution in [3.05, 3.63) is 26.7 Å². The summed E-state index contributed by atoms with van der Waals surface area (Å²) in [7, 11) is 0. The van der Waals surface area contributed by atoms with Gasteiger partial charge in [0.05, 0.1) is 17.5 Å². The third-order valence-corrected chi connectivity index (χ3v) is 4.60. The first-order chi connectivity index (χ1) is 10.3. The minimum atomic E-state index is -0.929. The van der Waals surface area contributed by atoms with Crippen molar-refractivity contribution in [1.29, 1.82) is 0 Å². The minimum Gasteiger partial charge on any atom is -0.492 e. The summed E-state index contributed by atoms with van der Waals surface area (Å²) >= 11 is 9.60. The van der Waals surface area contributed by atoms with Crippen molar-refractivity contribution < 1.29 is 19.4 Å². The number of hydrogen-bond acceptors (Lipinski definition) is 3. The zero-order chi connectivity index (χ0) is 16.7. The van der Waals surface area contributed by atoms with Gasteiger partial charge in [0.1, 0.15) is 5.75 Å². The Morgan fingerprint density at radius 3 is 2.68 bits per heavy atom. The first-order valence-corrected chi connectivity index (χ1v) is 8.06. The topological polar surface area (TPSA) is 75.6 Å². The third kappa shape index (κ3) is 5.85. The number of benzene rings is 1. The fourth-order valence-electron chi connectivity index (χ4n) is 1.82. The molecule has 1 amide bonds. The van der Waals surface area contributed by atoms with Crippen molar-refractivity contribution in [3.8, 4) is 5.75 Å². The lowest BCUT2D eigenvalue weighted by Crippen LogP contribution is -2.26. The number of ether oxygens (including phenoxy) is 1. The number of halogens is 2. The maximum Gasteiger partial charge on any atom is 0.305 e. The van der Waals surface area contributed by atoms with E-state index in [4.69, 9.17) is 21.4 Å². The third-order valence-electron chi connectivity index (χ3n) is 3.04. The van der Waals surface area contributed by atoms with E-state index in [1.165, 1.54) is 0 Å². The monoisotopic (exact) mass is 391 g/mol. The predicted octanol–water partition coefficient (Wildman–Crippen LogP) is 3.47. The number of carboxylic acid groups (broad SMARTS) is 1. The number of nitrogens with one attached hydrogen (secondary N) is 1. The Hall–Kier alpha value is -1.27. The zero-order valence-electron chi connectivity index (χ0n) is 12.5. The second-order valence-electron chi connectivity index (χ2n) is 4.89. The SMILES string of the molecule is Cc1cc(OCCCC(=O)NCCC(=O)O)c(Br)c(C)c1Cl. The second kappa shape index (κ2) is 9.00. The molecular formula is C15H19BrClNO4. The van der Waals surface area contributed by atoms with Crippen LogP contribution >= 0.6 is 27.5 Å². The lowest BCUT2D eigenvalue weighted by Gasteiger charge is -2.13. The van der Waals surface area contributed by atoms with Gasteiger partial charge in [0.2, 0.25) is 5.91 Å². The molecule has 1 aromatic rings. The van der Waals surface area contributed by atoms with Gasteiger partial charge in [-0.05, 0) is 53.4 Å². The van der Waals surface area contributed by atoms with E-state index in [1.54, 1.807) is 0 Å². The highest BCUT2D eigenvalue weighted by atomic mass is 79.9. The lowest BCUT2D eigenvalue weighted by molar-refractivity contribution is -0.136. The number of hydrogen-bond donors (Lipinski definition) is 2. The van der Waals surface area contributed by atoms with Crippen LogP contribution in [-0.4, -0.2) is 30.1 Å². The minimum absolute atomic E-state index is 0.0709. The summed E-state index contributed by atoms with van der Waals surface area (Å²) in [5.41, 5.74) is 1.85.